The first-order chi connectivity index (χ1) is 18.5. The first kappa shape index (κ1) is 31.4. The number of ether oxygens (including phenoxy) is 4. The molecule has 39 heavy (non-hydrogen) atoms. The van der Waals surface area contributed by atoms with Gasteiger partial charge in [0.15, 0.2) is 6.29 Å². The van der Waals surface area contributed by atoms with E-state index < -0.39 is 6.10 Å². The fraction of sp³-hybridized carbons (Fsp3) is 0.742. The van der Waals surface area contributed by atoms with Gasteiger partial charge in [-0.2, -0.15) is 0 Å². The number of hydrogen-bond donors (Lipinski definition) is 1. The molecule has 2 heterocycles. The molecule has 3 aliphatic rings. The first-order valence-corrected chi connectivity index (χ1v) is 14.7. The molecule has 0 aromatic heterocycles. The Bertz CT molecular complexity index is 893. The molecule has 0 radical (unpaired) electrons. The average molecular weight is 547 g/mol. The van der Waals surface area contributed by atoms with Gasteiger partial charge in [0.1, 0.15) is 6.10 Å². The summed E-state index contributed by atoms with van der Waals surface area (Å²) in [5.41, 5.74) is 1.61. The van der Waals surface area contributed by atoms with E-state index in [2.05, 4.69) is 51.2 Å². The van der Waals surface area contributed by atoms with Crippen LogP contribution in [-0.4, -0.2) is 73.8 Å². The molecule has 3 rings (SSSR count). The number of nitrogens with one attached hydrogen (secondary N) is 1. The van der Waals surface area contributed by atoms with Crippen molar-refractivity contribution in [3.63, 3.8) is 0 Å². The predicted molar refractivity (Wildman–Crippen MR) is 152 cm³/mol. The lowest BCUT2D eigenvalue weighted by Crippen LogP contribution is -2.46. The van der Waals surface area contributed by atoms with Gasteiger partial charge in [-0.25, -0.2) is 4.79 Å². The fourth-order valence-corrected chi connectivity index (χ4v) is 5.38. The second-order valence-electron chi connectivity index (χ2n) is 12.2. The van der Waals surface area contributed by atoms with Gasteiger partial charge in [0.05, 0.1) is 31.0 Å². The van der Waals surface area contributed by atoms with Crippen molar-refractivity contribution in [3.8, 4) is 0 Å². The molecule has 3 fully saturated rings. The van der Waals surface area contributed by atoms with Crippen LogP contribution in [0.25, 0.3) is 0 Å². The van der Waals surface area contributed by atoms with Crippen LogP contribution >= 0.6 is 0 Å². The number of rotatable bonds is 12. The number of carbonyl (C=O) groups is 2. The van der Waals surface area contributed by atoms with Crippen LogP contribution in [0.4, 0.5) is 4.79 Å². The molecule has 1 N–H and O–H groups in total. The van der Waals surface area contributed by atoms with Crippen molar-refractivity contribution in [2.24, 2.45) is 5.41 Å². The minimum Gasteiger partial charge on any atom is -0.442 e. The highest BCUT2D eigenvalue weighted by atomic mass is 16.7. The number of unbranched alkanes of at least 4 members (excludes halogenated alkanes) is 2. The molecule has 1 saturated carbocycles. The molecular formula is C31H50N2O6. The normalized spacial score (nSPS) is 27.0. The summed E-state index contributed by atoms with van der Waals surface area (Å²) in [6.45, 7) is 11.8. The van der Waals surface area contributed by atoms with Crippen molar-refractivity contribution in [2.45, 2.75) is 116 Å². The number of amides is 2. The Balaban J connectivity index is 1.32. The standard InChI is InChI=1S/C31H50N2O6/c1-7-8-9-18-33(6)29(35)38-24(3)12-14-27(34)32-25-20-36-28(37-21-25)15-11-23(2)10-13-26-19-31(16-17-31)22-30(4,5)39-26/h10-14,24-26,28H,7-9,15-22H2,1-6H3,(H,32,34)/b13-10+,14-12-,23-11+/t24-,25-,26+,28+/m0/s1. The van der Waals surface area contributed by atoms with Crippen molar-refractivity contribution in [1.82, 2.24) is 10.2 Å². The maximum Gasteiger partial charge on any atom is 0.410 e. The van der Waals surface area contributed by atoms with E-state index in [0.717, 1.165) is 31.3 Å². The van der Waals surface area contributed by atoms with Gasteiger partial charge < -0.3 is 29.2 Å². The van der Waals surface area contributed by atoms with Gasteiger partial charge in [0, 0.05) is 26.1 Å². The molecule has 1 spiro atoms. The zero-order valence-corrected chi connectivity index (χ0v) is 24.9. The van der Waals surface area contributed by atoms with Gasteiger partial charge >= 0.3 is 6.09 Å². The van der Waals surface area contributed by atoms with Crippen molar-refractivity contribution in [3.05, 3.63) is 36.0 Å². The smallest absolute Gasteiger partial charge is 0.410 e. The van der Waals surface area contributed by atoms with Crippen LogP contribution in [0.2, 0.25) is 0 Å². The van der Waals surface area contributed by atoms with E-state index >= 15 is 0 Å². The molecule has 220 valence electrons. The van der Waals surface area contributed by atoms with Gasteiger partial charge in [-0.1, -0.05) is 43.6 Å². The van der Waals surface area contributed by atoms with Crippen molar-refractivity contribution < 1.29 is 28.5 Å². The van der Waals surface area contributed by atoms with E-state index in [1.165, 1.54) is 25.3 Å². The van der Waals surface area contributed by atoms with Gasteiger partial charge in [-0.3, -0.25) is 4.79 Å². The van der Waals surface area contributed by atoms with Crippen molar-refractivity contribution >= 4 is 12.0 Å². The zero-order chi connectivity index (χ0) is 28.5. The van der Waals surface area contributed by atoms with Gasteiger partial charge in [-0.05, 0) is 71.3 Å². The monoisotopic (exact) mass is 546 g/mol. The lowest BCUT2D eigenvalue weighted by atomic mass is 9.82. The maximum absolute atomic E-state index is 12.3. The van der Waals surface area contributed by atoms with E-state index in [4.69, 9.17) is 18.9 Å². The Kier molecular flexibility index (Phi) is 11.6. The average Bonchev–Trinajstić information content (AvgIpc) is 3.62. The molecule has 2 aliphatic heterocycles. The Hall–Kier alpha value is -2.16. The molecule has 0 aromatic rings. The molecule has 0 unspecified atom stereocenters. The topological polar surface area (TPSA) is 86.3 Å². The molecule has 8 heteroatoms. The largest absolute Gasteiger partial charge is 0.442 e. The summed E-state index contributed by atoms with van der Waals surface area (Å²) in [7, 11) is 1.72. The molecule has 2 saturated heterocycles. The highest BCUT2D eigenvalue weighted by molar-refractivity contribution is 5.87. The third-order valence-electron chi connectivity index (χ3n) is 7.60. The molecular weight excluding hydrogens is 496 g/mol. The van der Waals surface area contributed by atoms with E-state index in [-0.39, 0.29) is 36.0 Å². The predicted octanol–water partition coefficient (Wildman–Crippen LogP) is 5.68. The van der Waals surface area contributed by atoms with Gasteiger partial charge in [-0.15, -0.1) is 0 Å². The summed E-state index contributed by atoms with van der Waals surface area (Å²) in [4.78, 5) is 26.0. The van der Waals surface area contributed by atoms with Crippen molar-refractivity contribution in [1.29, 1.82) is 0 Å². The number of allylic oxidation sites excluding steroid dienone is 2. The van der Waals surface area contributed by atoms with E-state index in [9.17, 15) is 9.59 Å². The lowest BCUT2D eigenvalue weighted by Gasteiger charge is -2.40. The Morgan fingerprint density at radius 3 is 2.54 bits per heavy atom. The minimum atomic E-state index is -0.504. The molecule has 1 aliphatic carbocycles. The number of nitrogens with zero attached hydrogens (tertiary/aromatic N) is 1. The summed E-state index contributed by atoms with van der Waals surface area (Å²) < 4.78 is 23.3. The number of hydrogen-bond acceptors (Lipinski definition) is 6. The lowest BCUT2D eigenvalue weighted by molar-refractivity contribution is -0.187. The summed E-state index contributed by atoms with van der Waals surface area (Å²) in [6.07, 6.45) is 17.1. The third kappa shape index (κ3) is 11.1. The second-order valence-corrected chi connectivity index (χ2v) is 12.2. The highest BCUT2D eigenvalue weighted by Crippen LogP contribution is 2.58. The van der Waals surface area contributed by atoms with Crippen LogP contribution in [0.3, 0.4) is 0 Å². The second kappa shape index (κ2) is 14.5. The van der Waals surface area contributed by atoms with E-state index in [0.29, 0.717) is 31.6 Å². The van der Waals surface area contributed by atoms with Crippen LogP contribution in [0.5, 0.6) is 0 Å². The highest BCUT2D eigenvalue weighted by Gasteiger charge is 2.51. The molecule has 8 nitrogen and oxygen atoms in total. The summed E-state index contributed by atoms with van der Waals surface area (Å²) in [6, 6.07) is -0.229. The first-order valence-electron chi connectivity index (χ1n) is 14.7. The fourth-order valence-electron chi connectivity index (χ4n) is 5.38. The van der Waals surface area contributed by atoms with Crippen LogP contribution in [-0.2, 0) is 23.7 Å². The molecule has 2 amide bonds. The van der Waals surface area contributed by atoms with E-state index in [1.807, 2.05) is 0 Å². The maximum atomic E-state index is 12.3. The van der Waals surface area contributed by atoms with Gasteiger partial charge in [0.25, 0.3) is 0 Å². The molecule has 2 atom stereocenters. The summed E-state index contributed by atoms with van der Waals surface area (Å²) in [5.74, 6) is -0.271. The van der Waals surface area contributed by atoms with Crippen LogP contribution in [0, 0.1) is 5.41 Å². The van der Waals surface area contributed by atoms with Crippen LogP contribution in [0.1, 0.15) is 86.0 Å². The van der Waals surface area contributed by atoms with E-state index in [1.54, 1.807) is 24.9 Å². The summed E-state index contributed by atoms with van der Waals surface area (Å²) in [5, 5.41) is 2.88. The van der Waals surface area contributed by atoms with Crippen molar-refractivity contribution in [2.75, 3.05) is 26.8 Å². The number of carbonyl (C=O) groups excluding carboxylic acids is 2. The zero-order valence-electron chi connectivity index (χ0n) is 24.9. The Labute approximate surface area is 235 Å². The molecule has 0 aromatic carbocycles. The summed E-state index contributed by atoms with van der Waals surface area (Å²) >= 11 is 0. The Morgan fingerprint density at radius 1 is 1.15 bits per heavy atom. The van der Waals surface area contributed by atoms with Crippen LogP contribution in [0.15, 0.2) is 36.0 Å². The van der Waals surface area contributed by atoms with Crippen LogP contribution < -0.4 is 5.32 Å². The van der Waals surface area contributed by atoms with Gasteiger partial charge in [0.2, 0.25) is 5.91 Å². The molecule has 0 bridgehead atoms. The minimum absolute atomic E-state index is 0.0530. The Morgan fingerprint density at radius 2 is 1.87 bits per heavy atom. The third-order valence-corrected chi connectivity index (χ3v) is 7.60. The quantitative estimate of drug-likeness (QED) is 0.193. The SMILES string of the molecule is CCCCCN(C)C(=O)O[C@@H](C)/C=C\C(=O)N[C@H]1CO[C@@H](C/C=C(C)/C=C/[C@@H]2CC3(CC3)CC(C)(C)O2)OC1.